The molecule has 1 saturated heterocycles. The van der Waals surface area contributed by atoms with Gasteiger partial charge in [0.2, 0.25) is 21.8 Å². The van der Waals surface area contributed by atoms with Gasteiger partial charge >= 0.3 is 6.09 Å². The summed E-state index contributed by atoms with van der Waals surface area (Å²) in [5, 5.41) is 4.61. The molecule has 4 amide bonds. The van der Waals surface area contributed by atoms with E-state index in [1.807, 2.05) is 6.92 Å². The summed E-state index contributed by atoms with van der Waals surface area (Å²) in [7, 11) is -3.80. The molecule has 3 rings (SSSR count). The summed E-state index contributed by atoms with van der Waals surface area (Å²) in [5.74, 6) is -2.65. The minimum Gasteiger partial charge on any atom is -0.444 e. The highest BCUT2D eigenvalue weighted by atomic mass is 32.2. The Labute approximate surface area is 229 Å². The molecule has 1 heterocycles. The summed E-state index contributed by atoms with van der Waals surface area (Å²) < 4.78 is 32.1. The molecule has 0 aromatic heterocycles. The first-order valence-electron chi connectivity index (χ1n) is 13.4. The van der Waals surface area contributed by atoms with Gasteiger partial charge in [0.25, 0.3) is 5.91 Å². The molecule has 2 aliphatic carbocycles. The quantitative estimate of drug-likeness (QED) is 0.313. The van der Waals surface area contributed by atoms with Crippen molar-refractivity contribution in [2.24, 2.45) is 5.92 Å². The number of allylic oxidation sites excluding steroid dienone is 1. The molecule has 0 aromatic rings. The number of alkyl carbamates (subject to hydrolysis) is 1. The Balaban J connectivity index is 1.75. The van der Waals surface area contributed by atoms with E-state index in [0.29, 0.717) is 32.1 Å². The second-order valence-corrected chi connectivity index (χ2v) is 13.7. The van der Waals surface area contributed by atoms with Gasteiger partial charge in [0, 0.05) is 13.0 Å². The average molecular weight is 569 g/mol. The highest BCUT2D eigenvalue weighted by molar-refractivity contribution is 7.91. The van der Waals surface area contributed by atoms with Crippen LogP contribution >= 0.6 is 0 Å². The zero-order valence-electron chi connectivity index (χ0n) is 23.3. The molecule has 3 N–H and O–H groups in total. The van der Waals surface area contributed by atoms with Gasteiger partial charge in [-0.3, -0.25) is 23.9 Å². The highest BCUT2D eigenvalue weighted by Crippen LogP contribution is 2.46. The van der Waals surface area contributed by atoms with E-state index in [1.54, 1.807) is 20.8 Å². The summed E-state index contributed by atoms with van der Waals surface area (Å²) >= 11 is 0. The maximum atomic E-state index is 13.6. The topological polar surface area (TPSA) is 168 Å². The lowest BCUT2D eigenvalue weighted by molar-refractivity contribution is -0.141. The van der Waals surface area contributed by atoms with Crippen LogP contribution in [0.1, 0.15) is 79.6 Å². The Morgan fingerprint density at radius 1 is 1.13 bits per heavy atom. The third-order valence-electron chi connectivity index (χ3n) is 7.24. The van der Waals surface area contributed by atoms with Gasteiger partial charge in [-0.15, -0.1) is 0 Å². The Morgan fingerprint density at radius 2 is 1.77 bits per heavy atom. The molecular weight excluding hydrogens is 528 g/mol. The van der Waals surface area contributed by atoms with Gasteiger partial charge in [-0.05, 0) is 71.3 Å². The van der Waals surface area contributed by atoms with Gasteiger partial charge in [0.15, 0.2) is 5.78 Å². The Morgan fingerprint density at radius 3 is 2.28 bits per heavy atom. The fourth-order valence-corrected chi connectivity index (χ4v) is 6.17. The number of nitrogens with one attached hydrogen (secondary N) is 3. The van der Waals surface area contributed by atoms with Crippen molar-refractivity contribution < 1.29 is 37.1 Å². The monoisotopic (exact) mass is 568 g/mol. The number of Topliss-reactive ketones (excluding diaryl/α,β-unsaturated/α-hetero) is 1. The van der Waals surface area contributed by atoms with E-state index in [-0.39, 0.29) is 30.9 Å². The van der Waals surface area contributed by atoms with Crippen LogP contribution in [0.4, 0.5) is 4.79 Å². The molecule has 1 aliphatic heterocycles. The lowest BCUT2D eigenvalue weighted by Crippen LogP contribution is -2.58. The third-order valence-corrected chi connectivity index (χ3v) is 9.06. The fraction of sp³-hybridized carbons (Fsp3) is 0.731. The van der Waals surface area contributed by atoms with E-state index in [9.17, 15) is 32.4 Å². The Kier molecular flexibility index (Phi) is 8.83. The van der Waals surface area contributed by atoms with Gasteiger partial charge < -0.3 is 20.3 Å². The summed E-state index contributed by atoms with van der Waals surface area (Å²) in [4.78, 5) is 66.2. The maximum Gasteiger partial charge on any atom is 0.408 e. The van der Waals surface area contributed by atoms with Crippen LogP contribution in [0, 0.1) is 5.92 Å². The second kappa shape index (κ2) is 11.3. The van der Waals surface area contributed by atoms with Crippen LogP contribution in [-0.2, 0) is 33.9 Å². The zero-order valence-corrected chi connectivity index (χ0v) is 24.1. The van der Waals surface area contributed by atoms with E-state index < -0.39 is 68.1 Å². The third kappa shape index (κ3) is 7.37. The summed E-state index contributed by atoms with van der Waals surface area (Å²) in [6, 6.07) is -2.24. The Hall–Kier alpha value is -2.96. The first kappa shape index (κ1) is 30.6. The average Bonchev–Trinajstić information content (AvgIpc) is 3.73. The maximum absolute atomic E-state index is 13.6. The molecule has 0 radical (unpaired) electrons. The smallest absolute Gasteiger partial charge is 0.408 e. The minimum atomic E-state index is -3.80. The van der Waals surface area contributed by atoms with Crippen molar-refractivity contribution in [1.29, 1.82) is 0 Å². The molecule has 3 fully saturated rings. The number of sulfonamides is 1. The zero-order chi connectivity index (χ0) is 29.3. The SMILES string of the molecule is C=C(C)C(=O)CC(NC(=O)OC(C)(C)C)C(=O)N1CCCC1C(=O)NC1(C(=O)NS(=O)(=O)C2CC2)CC1CC. The van der Waals surface area contributed by atoms with E-state index in [4.69, 9.17) is 4.74 Å². The molecule has 2 saturated carbocycles. The lowest BCUT2D eigenvalue weighted by Gasteiger charge is -2.30. The molecule has 0 bridgehead atoms. The highest BCUT2D eigenvalue weighted by Gasteiger charge is 2.62. The van der Waals surface area contributed by atoms with Gasteiger partial charge in [-0.25, -0.2) is 13.2 Å². The van der Waals surface area contributed by atoms with E-state index in [2.05, 4.69) is 21.9 Å². The number of ether oxygens (including phenoxy) is 1. The summed E-state index contributed by atoms with van der Waals surface area (Å²) in [6.45, 7) is 12.1. The van der Waals surface area contributed by atoms with Crippen LogP contribution in [0.2, 0.25) is 0 Å². The van der Waals surface area contributed by atoms with Crippen molar-refractivity contribution >= 4 is 39.6 Å². The normalized spacial score (nSPS) is 25.3. The van der Waals surface area contributed by atoms with Crippen molar-refractivity contribution in [3.8, 4) is 0 Å². The van der Waals surface area contributed by atoms with E-state index >= 15 is 0 Å². The molecule has 0 aromatic carbocycles. The number of amides is 4. The van der Waals surface area contributed by atoms with Gasteiger partial charge in [0.05, 0.1) is 5.25 Å². The molecule has 218 valence electrons. The van der Waals surface area contributed by atoms with Crippen molar-refractivity contribution in [1.82, 2.24) is 20.3 Å². The van der Waals surface area contributed by atoms with Crippen molar-refractivity contribution in [3.05, 3.63) is 12.2 Å². The second-order valence-electron chi connectivity index (χ2n) is 11.7. The molecule has 3 aliphatic rings. The first-order valence-corrected chi connectivity index (χ1v) is 14.9. The van der Waals surface area contributed by atoms with Crippen molar-refractivity contribution in [2.75, 3.05) is 6.54 Å². The van der Waals surface area contributed by atoms with Gasteiger partial charge in [-0.1, -0.05) is 19.9 Å². The van der Waals surface area contributed by atoms with Crippen LogP contribution < -0.4 is 15.4 Å². The number of hydrogen-bond donors (Lipinski definition) is 3. The lowest BCUT2D eigenvalue weighted by atomic mass is 10.0. The molecule has 12 nitrogen and oxygen atoms in total. The number of likely N-dealkylation sites (tertiary alicyclic amines) is 1. The van der Waals surface area contributed by atoms with Crippen LogP contribution in [0.15, 0.2) is 12.2 Å². The predicted octanol–water partition coefficient (Wildman–Crippen LogP) is 1.30. The molecule has 39 heavy (non-hydrogen) atoms. The minimum absolute atomic E-state index is 0.205. The van der Waals surface area contributed by atoms with Crippen LogP contribution in [0.5, 0.6) is 0 Å². The predicted molar refractivity (Wildman–Crippen MR) is 142 cm³/mol. The van der Waals surface area contributed by atoms with E-state index in [1.165, 1.54) is 11.8 Å². The van der Waals surface area contributed by atoms with Crippen molar-refractivity contribution in [2.45, 2.75) is 108 Å². The molecule has 0 spiro atoms. The molecule has 4 unspecified atom stereocenters. The molecular formula is C26H40N4O8S. The summed E-state index contributed by atoms with van der Waals surface area (Å²) in [6.07, 6.45) is 1.38. The van der Waals surface area contributed by atoms with Crippen LogP contribution in [0.3, 0.4) is 0 Å². The number of ketones is 1. The van der Waals surface area contributed by atoms with Gasteiger partial charge in [-0.2, -0.15) is 0 Å². The van der Waals surface area contributed by atoms with Gasteiger partial charge in [0.1, 0.15) is 23.2 Å². The first-order chi connectivity index (χ1) is 18.0. The fourth-order valence-electron chi connectivity index (χ4n) is 4.81. The molecule has 4 atom stereocenters. The Bertz CT molecular complexity index is 1160. The number of carbonyl (C=O) groups excluding carboxylic acids is 5. The van der Waals surface area contributed by atoms with E-state index in [0.717, 1.165) is 0 Å². The number of rotatable bonds is 11. The van der Waals surface area contributed by atoms with Crippen molar-refractivity contribution in [3.63, 3.8) is 0 Å². The standard InChI is InChI=1S/C26H40N4O8S/c1-7-16-14-26(16,23(34)29-39(36,37)17-10-11-17)28-21(32)19-9-8-12-30(19)22(33)18(13-20(31)15(2)3)27-24(35)38-25(4,5)6/h16-19H,2,7-14H2,1,3-6H3,(H,27,35)(H,28,32)(H,29,34). The number of nitrogens with zero attached hydrogens (tertiary/aromatic N) is 1. The largest absolute Gasteiger partial charge is 0.444 e. The summed E-state index contributed by atoms with van der Waals surface area (Å²) in [5.41, 5.74) is -1.99. The van der Waals surface area contributed by atoms with Crippen LogP contribution in [-0.4, -0.2) is 77.9 Å². The number of carbonyl (C=O) groups is 5. The number of hydrogen-bond acceptors (Lipinski definition) is 8. The molecule has 13 heteroatoms. The van der Waals surface area contributed by atoms with Crippen LogP contribution in [0.25, 0.3) is 0 Å².